The molecule has 0 bridgehead atoms. The molecular weight excluding hydrogens is 434 g/mol. The molecule has 3 aromatic rings. The molecule has 1 aromatic carbocycles. The highest BCUT2D eigenvalue weighted by atomic mass is 32.2. The van der Waals surface area contributed by atoms with Crippen LogP contribution in [0.25, 0.3) is 12.2 Å². The number of thiophene rings is 1. The number of aromatic nitrogens is 1. The van der Waals surface area contributed by atoms with E-state index < -0.39 is 10.0 Å². The van der Waals surface area contributed by atoms with Crippen LogP contribution in [-0.4, -0.2) is 19.5 Å². The lowest BCUT2D eigenvalue weighted by molar-refractivity contribution is -0.117. The number of hydrogen-bond acceptors (Lipinski definition) is 6. The third-order valence-corrected chi connectivity index (χ3v) is 7.96. The van der Waals surface area contributed by atoms with E-state index in [9.17, 15) is 13.2 Å². The van der Waals surface area contributed by atoms with Crippen molar-refractivity contribution in [2.24, 2.45) is 5.92 Å². The van der Waals surface area contributed by atoms with Crippen LogP contribution in [0.3, 0.4) is 0 Å². The summed E-state index contributed by atoms with van der Waals surface area (Å²) in [5.41, 5.74) is 3.47. The first kappa shape index (κ1) is 21.3. The van der Waals surface area contributed by atoms with Crippen LogP contribution in [0.5, 0.6) is 0 Å². The topological polar surface area (TPSA) is 101 Å². The Balaban J connectivity index is 1.52. The molecule has 1 aliphatic rings. The van der Waals surface area contributed by atoms with Crippen LogP contribution in [0.15, 0.2) is 39.1 Å². The highest BCUT2D eigenvalue weighted by Gasteiger charge is 2.30. The van der Waals surface area contributed by atoms with Crippen LogP contribution < -0.4 is 10.0 Å². The summed E-state index contributed by atoms with van der Waals surface area (Å²) in [6, 6.07) is 8.93. The van der Waals surface area contributed by atoms with Crippen molar-refractivity contribution in [2.45, 2.75) is 37.8 Å². The number of carbonyl (C=O) groups excluding carboxylic acids is 1. The molecule has 31 heavy (non-hydrogen) atoms. The number of nitrogens with one attached hydrogen (secondary N) is 2. The number of nitrogens with zero attached hydrogens (tertiary/aromatic N) is 1. The lowest BCUT2D eigenvalue weighted by Gasteiger charge is -2.11. The first-order valence-corrected chi connectivity index (χ1v) is 12.2. The van der Waals surface area contributed by atoms with E-state index in [-0.39, 0.29) is 16.0 Å². The van der Waals surface area contributed by atoms with Crippen molar-refractivity contribution in [1.82, 2.24) is 5.16 Å². The van der Waals surface area contributed by atoms with Gasteiger partial charge >= 0.3 is 0 Å². The number of sulfonamides is 1. The van der Waals surface area contributed by atoms with Gasteiger partial charge in [0.25, 0.3) is 10.0 Å². The predicted molar refractivity (Wildman–Crippen MR) is 123 cm³/mol. The molecule has 0 aliphatic heterocycles. The normalized spacial score (nSPS) is 14.2. The smallest absolute Gasteiger partial charge is 0.271 e. The van der Waals surface area contributed by atoms with Gasteiger partial charge in [0, 0.05) is 10.8 Å². The Morgan fingerprint density at radius 2 is 1.81 bits per heavy atom. The van der Waals surface area contributed by atoms with E-state index in [0.29, 0.717) is 22.8 Å². The molecule has 9 heteroatoms. The molecule has 4 rings (SSSR count). The molecular formula is C22H23N3O4S2. The zero-order valence-corrected chi connectivity index (χ0v) is 19.1. The van der Waals surface area contributed by atoms with Crippen LogP contribution in [0, 0.1) is 26.7 Å². The molecule has 1 amide bonds. The van der Waals surface area contributed by atoms with Gasteiger partial charge in [-0.25, -0.2) is 8.42 Å². The largest absolute Gasteiger partial charge is 0.354 e. The van der Waals surface area contributed by atoms with Crippen molar-refractivity contribution < 1.29 is 17.7 Å². The Morgan fingerprint density at radius 1 is 1.10 bits per heavy atom. The summed E-state index contributed by atoms with van der Waals surface area (Å²) >= 11 is 1.14. The maximum absolute atomic E-state index is 12.8. The molecule has 2 N–H and O–H groups in total. The Bertz CT molecular complexity index is 1250. The summed E-state index contributed by atoms with van der Waals surface area (Å²) in [4.78, 5) is 12.8. The molecule has 1 aliphatic carbocycles. The van der Waals surface area contributed by atoms with Gasteiger partial charge in [-0.05, 0) is 69.0 Å². The van der Waals surface area contributed by atoms with E-state index >= 15 is 0 Å². The average molecular weight is 458 g/mol. The van der Waals surface area contributed by atoms with Crippen molar-refractivity contribution in [3.05, 3.63) is 57.8 Å². The van der Waals surface area contributed by atoms with Crippen molar-refractivity contribution in [3.63, 3.8) is 0 Å². The van der Waals surface area contributed by atoms with Crippen molar-refractivity contribution >= 4 is 50.8 Å². The third kappa shape index (κ3) is 4.72. The van der Waals surface area contributed by atoms with Crippen LogP contribution >= 0.6 is 11.3 Å². The van der Waals surface area contributed by atoms with E-state index in [1.807, 2.05) is 32.0 Å². The van der Waals surface area contributed by atoms with Gasteiger partial charge in [-0.3, -0.25) is 9.52 Å². The Labute approximate surface area is 185 Å². The summed E-state index contributed by atoms with van der Waals surface area (Å²) in [6.45, 7) is 5.50. The Kier molecular flexibility index (Phi) is 5.72. The zero-order chi connectivity index (χ0) is 22.2. The summed E-state index contributed by atoms with van der Waals surface area (Å²) in [6.07, 6.45) is 5.24. The highest BCUT2D eigenvalue weighted by Crippen LogP contribution is 2.32. The third-order valence-electron chi connectivity index (χ3n) is 5.07. The van der Waals surface area contributed by atoms with Gasteiger partial charge in [-0.2, -0.15) is 0 Å². The Morgan fingerprint density at radius 3 is 2.48 bits per heavy atom. The second kappa shape index (κ2) is 8.32. The van der Waals surface area contributed by atoms with Gasteiger partial charge in [0.05, 0.1) is 5.69 Å². The molecule has 2 aromatic heterocycles. The molecule has 1 saturated carbocycles. The molecule has 0 spiro atoms. The molecule has 0 saturated heterocycles. The lowest BCUT2D eigenvalue weighted by atomic mass is 10.1. The van der Waals surface area contributed by atoms with Crippen LogP contribution in [0.1, 0.15) is 40.3 Å². The predicted octanol–water partition coefficient (Wildman–Crippen LogP) is 4.98. The van der Waals surface area contributed by atoms with Gasteiger partial charge in [-0.15, -0.1) is 11.3 Å². The molecule has 162 valence electrons. The molecule has 7 nitrogen and oxygen atoms in total. The van der Waals surface area contributed by atoms with E-state index in [1.54, 1.807) is 31.2 Å². The van der Waals surface area contributed by atoms with Crippen LogP contribution in [0.4, 0.5) is 11.4 Å². The van der Waals surface area contributed by atoms with Crippen molar-refractivity contribution in [2.75, 3.05) is 10.0 Å². The monoisotopic (exact) mass is 457 g/mol. The molecule has 2 heterocycles. The quantitative estimate of drug-likeness (QED) is 0.521. The zero-order valence-electron chi connectivity index (χ0n) is 17.4. The van der Waals surface area contributed by atoms with Crippen LogP contribution in [-0.2, 0) is 14.8 Å². The molecule has 1 fully saturated rings. The lowest BCUT2D eigenvalue weighted by Crippen LogP contribution is -2.14. The standard InChI is InChI=1S/C22H23N3O4S2/c1-13-5-4-6-14(2)20(13)25-31(27,28)19-12-10-17(30-19)9-11-18-21(15(3)24-29-18)23-22(26)16-7-8-16/h4-6,9-12,16,25H,7-8H2,1-3H3,(H,23,26). The van der Waals surface area contributed by atoms with Crippen molar-refractivity contribution in [3.8, 4) is 0 Å². The van der Waals surface area contributed by atoms with E-state index in [4.69, 9.17) is 4.52 Å². The number of rotatable bonds is 7. The SMILES string of the molecule is Cc1cccc(C)c1NS(=O)(=O)c1ccc(C=Cc2onc(C)c2NC(=O)C2CC2)s1. The van der Waals surface area contributed by atoms with Gasteiger partial charge in [-0.1, -0.05) is 23.4 Å². The first-order valence-electron chi connectivity index (χ1n) is 9.88. The first-order chi connectivity index (χ1) is 14.7. The fourth-order valence-corrected chi connectivity index (χ4v) is 5.54. The molecule has 0 unspecified atom stereocenters. The number of aryl methyl sites for hydroxylation is 3. The number of para-hydroxylation sites is 1. The number of anilines is 2. The van der Waals surface area contributed by atoms with E-state index in [2.05, 4.69) is 15.2 Å². The number of carbonyl (C=O) groups is 1. The summed E-state index contributed by atoms with van der Waals surface area (Å²) < 4.78 is 33.9. The average Bonchev–Trinajstić information content (AvgIpc) is 3.37. The van der Waals surface area contributed by atoms with Gasteiger partial charge in [0.15, 0.2) is 5.76 Å². The number of amides is 1. The minimum Gasteiger partial charge on any atom is -0.354 e. The van der Waals surface area contributed by atoms with Gasteiger partial charge < -0.3 is 9.84 Å². The highest BCUT2D eigenvalue weighted by molar-refractivity contribution is 7.94. The Hall–Kier alpha value is -2.91. The maximum atomic E-state index is 12.8. The van der Waals surface area contributed by atoms with Crippen LogP contribution in [0.2, 0.25) is 0 Å². The fraction of sp³-hybridized carbons (Fsp3) is 0.273. The summed E-state index contributed by atoms with van der Waals surface area (Å²) in [5.74, 6) is 0.474. The molecule has 0 radical (unpaired) electrons. The minimum absolute atomic E-state index is 0.0250. The van der Waals surface area contributed by atoms with Gasteiger partial charge in [0.1, 0.15) is 15.6 Å². The van der Waals surface area contributed by atoms with E-state index in [0.717, 1.165) is 40.2 Å². The van der Waals surface area contributed by atoms with E-state index in [1.165, 1.54) is 0 Å². The summed E-state index contributed by atoms with van der Waals surface area (Å²) in [7, 11) is -3.70. The number of hydrogen-bond donors (Lipinski definition) is 2. The molecule has 0 atom stereocenters. The fourth-order valence-electron chi connectivity index (χ4n) is 3.11. The summed E-state index contributed by atoms with van der Waals surface area (Å²) in [5, 5.41) is 6.80. The van der Waals surface area contributed by atoms with Crippen molar-refractivity contribution in [1.29, 1.82) is 0 Å². The second-order valence-electron chi connectivity index (χ2n) is 7.63. The maximum Gasteiger partial charge on any atom is 0.271 e. The van der Waals surface area contributed by atoms with Gasteiger partial charge in [0.2, 0.25) is 5.91 Å². The number of benzene rings is 1. The second-order valence-corrected chi connectivity index (χ2v) is 10.7. The minimum atomic E-state index is -3.70.